The van der Waals surface area contributed by atoms with Crippen molar-refractivity contribution >= 4 is 23.0 Å². The molecule has 2 aromatic carbocycles. The van der Waals surface area contributed by atoms with E-state index in [0.29, 0.717) is 17.3 Å². The lowest BCUT2D eigenvalue weighted by Gasteiger charge is -2.09. The van der Waals surface area contributed by atoms with Gasteiger partial charge in [0.05, 0.1) is 5.69 Å². The van der Waals surface area contributed by atoms with Crippen LogP contribution in [0.5, 0.6) is 0 Å². The van der Waals surface area contributed by atoms with E-state index in [-0.39, 0.29) is 5.82 Å². The van der Waals surface area contributed by atoms with E-state index in [1.807, 2.05) is 19.1 Å². The molecule has 0 aliphatic rings. The number of hydrogen-bond acceptors (Lipinski definition) is 2. The second kappa shape index (κ2) is 5.38. The van der Waals surface area contributed by atoms with E-state index in [1.165, 1.54) is 6.07 Å². The molecule has 0 radical (unpaired) electrons. The summed E-state index contributed by atoms with van der Waals surface area (Å²) >= 11 is 6.02. The Morgan fingerprint density at radius 2 is 2.00 bits per heavy atom. The fourth-order valence-corrected chi connectivity index (χ4v) is 1.79. The second-order valence-corrected chi connectivity index (χ2v) is 4.51. The summed E-state index contributed by atoms with van der Waals surface area (Å²) in [5.74, 6) is -0.324. The zero-order chi connectivity index (χ0) is 13.1. The molecule has 2 nitrogen and oxygen atoms in total. The maximum atomic E-state index is 13.8. The van der Waals surface area contributed by atoms with Crippen molar-refractivity contribution in [1.29, 1.82) is 0 Å². The Bertz CT molecular complexity index is 570. The highest BCUT2D eigenvalue weighted by molar-refractivity contribution is 6.31. The molecule has 0 fully saturated rings. The minimum absolute atomic E-state index is 0.324. The van der Waals surface area contributed by atoms with Crippen LogP contribution >= 0.6 is 11.6 Å². The Morgan fingerprint density at radius 3 is 2.61 bits per heavy atom. The highest BCUT2D eigenvalue weighted by Crippen LogP contribution is 2.25. The average Bonchev–Trinajstić information content (AvgIpc) is 2.36. The Morgan fingerprint density at radius 1 is 1.22 bits per heavy atom. The molecule has 0 atom stereocenters. The standard InChI is InChI=1S/C14H14ClFN2/c1-9-2-4-11(7-12(9)15)18-14-5-3-10(8-17)6-13(14)16/h2-7,18H,8,17H2,1H3. The van der Waals surface area contributed by atoms with Crippen molar-refractivity contribution in [2.75, 3.05) is 5.32 Å². The minimum Gasteiger partial charge on any atom is -0.353 e. The van der Waals surface area contributed by atoms with Crippen LogP contribution in [0.1, 0.15) is 11.1 Å². The van der Waals surface area contributed by atoms with Gasteiger partial charge >= 0.3 is 0 Å². The minimum atomic E-state index is -0.324. The number of nitrogens with two attached hydrogens (primary N) is 1. The van der Waals surface area contributed by atoms with Crippen molar-refractivity contribution < 1.29 is 4.39 Å². The maximum Gasteiger partial charge on any atom is 0.146 e. The molecule has 0 bridgehead atoms. The molecule has 2 rings (SSSR count). The van der Waals surface area contributed by atoms with Gasteiger partial charge in [0, 0.05) is 17.3 Å². The van der Waals surface area contributed by atoms with Gasteiger partial charge in [0.15, 0.2) is 0 Å². The van der Waals surface area contributed by atoms with Crippen molar-refractivity contribution in [3.05, 3.63) is 58.4 Å². The average molecular weight is 265 g/mol. The third kappa shape index (κ3) is 2.81. The van der Waals surface area contributed by atoms with Crippen LogP contribution in [-0.4, -0.2) is 0 Å². The molecule has 4 heteroatoms. The number of hydrogen-bond donors (Lipinski definition) is 2. The molecule has 94 valence electrons. The van der Waals surface area contributed by atoms with Gasteiger partial charge in [0.25, 0.3) is 0 Å². The molecule has 3 N–H and O–H groups in total. The number of benzene rings is 2. The molecule has 0 spiro atoms. The van der Waals surface area contributed by atoms with E-state index >= 15 is 0 Å². The van der Waals surface area contributed by atoms with Crippen molar-refractivity contribution in [3.8, 4) is 0 Å². The zero-order valence-electron chi connectivity index (χ0n) is 10.0. The predicted molar refractivity (Wildman–Crippen MR) is 73.8 cm³/mol. The van der Waals surface area contributed by atoms with E-state index in [1.54, 1.807) is 18.2 Å². The number of nitrogens with one attached hydrogen (secondary N) is 1. The van der Waals surface area contributed by atoms with E-state index in [2.05, 4.69) is 5.32 Å². The van der Waals surface area contributed by atoms with E-state index in [9.17, 15) is 4.39 Å². The zero-order valence-corrected chi connectivity index (χ0v) is 10.8. The molecule has 0 saturated carbocycles. The molecule has 18 heavy (non-hydrogen) atoms. The van der Waals surface area contributed by atoms with Gasteiger partial charge < -0.3 is 11.1 Å². The Hall–Kier alpha value is -1.58. The summed E-state index contributed by atoms with van der Waals surface area (Å²) in [7, 11) is 0. The number of aryl methyl sites for hydroxylation is 1. The van der Waals surface area contributed by atoms with Gasteiger partial charge in [-0.15, -0.1) is 0 Å². The summed E-state index contributed by atoms with van der Waals surface area (Å²) in [5.41, 5.74) is 8.37. The first-order chi connectivity index (χ1) is 8.60. The van der Waals surface area contributed by atoms with Crippen molar-refractivity contribution in [3.63, 3.8) is 0 Å². The van der Waals surface area contributed by atoms with Gasteiger partial charge in [-0.25, -0.2) is 4.39 Å². The lowest BCUT2D eigenvalue weighted by atomic mass is 10.2. The third-order valence-electron chi connectivity index (χ3n) is 2.72. The Kier molecular flexibility index (Phi) is 3.84. The number of rotatable bonds is 3. The summed E-state index contributed by atoms with van der Waals surface area (Å²) in [6, 6.07) is 10.4. The normalized spacial score (nSPS) is 10.4. The molecule has 0 heterocycles. The summed E-state index contributed by atoms with van der Waals surface area (Å²) in [4.78, 5) is 0. The van der Waals surface area contributed by atoms with Crippen LogP contribution < -0.4 is 11.1 Å². The lowest BCUT2D eigenvalue weighted by Crippen LogP contribution is -1.99. The molecule has 0 unspecified atom stereocenters. The third-order valence-corrected chi connectivity index (χ3v) is 3.13. The van der Waals surface area contributed by atoms with Gasteiger partial charge in [-0.05, 0) is 42.3 Å². The summed E-state index contributed by atoms with van der Waals surface area (Å²) in [6.07, 6.45) is 0. The molecule has 0 amide bonds. The van der Waals surface area contributed by atoms with Crippen LogP contribution in [0.4, 0.5) is 15.8 Å². The maximum absolute atomic E-state index is 13.8. The molecular weight excluding hydrogens is 251 g/mol. The van der Waals surface area contributed by atoms with Crippen LogP contribution in [0.15, 0.2) is 36.4 Å². The quantitative estimate of drug-likeness (QED) is 0.880. The second-order valence-electron chi connectivity index (χ2n) is 4.11. The van der Waals surface area contributed by atoms with Crippen LogP contribution in [-0.2, 0) is 6.54 Å². The van der Waals surface area contributed by atoms with Crippen LogP contribution in [0.3, 0.4) is 0 Å². The van der Waals surface area contributed by atoms with Crippen molar-refractivity contribution in [2.24, 2.45) is 5.73 Å². The van der Waals surface area contributed by atoms with Crippen LogP contribution in [0.2, 0.25) is 5.02 Å². The highest BCUT2D eigenvalue weighted by atomic mass is 35.5. The van der Waals surface area contributed by atoms with E-state index in [0.717, 1.165) is 16.8 Å². The first-order valence-corrected chi connectivity index (χ1v) is 5.99. The summed E-state index contributed by atoms with van der Waals surface area (Å²) < 4.78 is 13.8. The molecule has 0 aliphatic carbocycles. The van der Waals surface area contributed by atoms with Gasteiger partial charge in [0.2, 0.25) is 0 Å². The monoisotopic (exact) mass is 264 g/mol. The van der Waals surface area contributed by atoms with Crippen LogP contribution in [0.25, 0.3) is 0 Å². The topological polar surface area (TPSA) is 38.0 Å². The molecule has 0 aromatic heterocycles. The van der Waals surface area contributed by atoms with Gasteiger partial charge in [-0.3, -0.25) is 0 Å². The number of halogens is 2. The molecule has 0 aliphatic heterocycles. The van der Waals surface area contributed by atoms with Crippen LogP contribution in [0, 0.1) is 12.7 Å². The Balaban J connectivity index is 2.25. The highest BCUT2D eigenvalue weighted by Gasteiger charge is 2.04. The van der Waals surface area contributed by atoms with Crippen molar-refractivity contribution in [1.82, 2.24) is 0 Å². The SMILES string of the molecule is Cc1ccc(Nc2ccc(CN)cc2F)cc1Cl. The molecule has 2 aromatic rings. The lowest BCUT2D eigenvalue weighted by molar-refractivity contribution is 0.629. The summed E-state index contributed by atoms with van der Waals surface area (Å²) in [6.45, 7) is 2.25. The fraction of sp³-hybridized carbons (Fsp3) is 0.143. The van der Waals surface area contributed by atoms with E-state index < -0.39 is 0 Å². The summed E-state index contributed by atoms with van der Waals surface area (Å²) in [5, 5.41) is 3.64. The molecule has 0 saturated heterocycles. The van der Waals surface area contributed by atoms with E-state index in [4.69, 9.17) is 17.3 Å². The Labute approximate surface area is 111 Å². The first kappa shape index (κ1) is 12.9. The molecular formula is C14H14ClFN2. The van der Waals surface area contributed by atoms with Gasteiger partial charge in [-0.1, -0.05) is 23.7 Å². The first-order valence-electron chi connectivity index (χ1n) is 5.62. The van der Waals surface area contributed by atoms with Gasteiger partial charge in [-0.2, -0.15) is 0 Å². The van der Waals surface area contributed by atoms with Crippen molar-refractivity contribution in [2.45, 2.75) is 13.5 Å². The fourth-order valence-electron chi connectivity index (χ4n) is 1.61. The van der Waals surface area contributed by atoms with Gasteiger partial charge in [0.1, 0.15) is 5.82 Å². The largest absolute Gasteiger partial charge is 0.353 e. The number of anilines is 2. The smallest absolute Gasteiger partial charge is 0.146 e. The predicted octanol–water partition coefficient (Wildman–Crippen LogP) is 3.99.